The fourth-order valence-corrected chi connectivity index (χ4v) is 3.43. The van der Waals surface area contributed by atoms with Gasteiger partial charge in [-0.25, -0.2) is 0 Å². The van der Waals surface area contributed by atoms with Crippen LogP contribution in [-0.4, -0.2) is 16.7 Å². The van der Waals surface area contributed by atoms with Crippen molar-refractivity contribution in [1.29, 1.82) is 0 Å². The van der Waals surface area contributed by atoms with E-state index >= 15 is 0 Å². The summed E-state index contributed by atoms with van der Waals surface area (Å²) in [7, 11) is 0. The molecule has 0 amide bonds. The Bertz CT molecular complexity index is 549. The summed E-state index contributed by atoms with van der Waals surface area (Å²) < 4.78 is 0. The molecule has 3 nitrogen and oxygen atoms in total. The van der Waals surface area contributed by atoms with E-state index in [9.17, 15) is 0 Å². The summed E-state index contributed by atoms with van der Waals surface area (Å²) in [4.78, 5) is 0. The number of fused-ring (bicyclic) bond motifs is 1. The molecule has 0 fully saturated rings. The van der Waals surface area contributed by atoms with Gasteiger partial charge in [-0.05, 0) is 31.0 Å². The zero-order chi connectivity index (χ0) is 12.5. The van der Waals surface area contributed by atoms with Gasteiger partial charge in [0.15, 0.2) is 0 Å². The Morgan fingerprint density at radius 2 is 2.22 bits per heavy atom. The summed E-state index contributed by atoms with van der Waals surface area (Å²) in [6.07, 6.45) is 1.11. The highest BCUT2D eigenvalue weighted by molar-refractivity contribution is 7.11. The first kappa shape index (κ1) is 11.8. The van der Waals surface area contributed by atoms with Crippen LogP contribution in [0, 0.1) is 0 Å². The van der Waals surface area contributed by atoms with E-state index < -0.39 is 0 Å². The van der Waals surface area contributed by atoms with E-state index in [2.05, 4.69) is 53.6 Å². The van der Waals surface area contributed by atoms with E-state index in [-0.39, 0.29) is 0 Å². The highest BCUT2D eigenvalue weighted by Gasteiger charge is 2.30. The molecule has 0 saturated carbocycles. The number of rotatable bonds is 4. The van der Waals surface area contributed by atoms with Crippen molar-refractivity contribution in [1.82, 2.24) is 15.5 Å². The molecule has 1 aliphatic rings. The molecule has 0 radical (unpaired) electrons. The Kier molecular flexibility index (Phi) is 3.14. The van der Waals surface area contributed by atoms with Crippen LogP contribution in [-0.2, 0) is 6.42 Å². The Labute approximate surface area is 111 Å². The van der Waals surface area contributed by atoms with E-state index in [1.54, 1.807) is 11.3 Å². The zero-order valence-corrected chi connectivity index (χ0v) is 11.5. The van der Waals surface area contributed by atoms with Crippen molar-refractivity contribution < 1.29 is 0 Å². The van der Waals surface area contributed by atoms with Gasteiger partial charge in [-0.3, -0.25) is 0 Å². The molecule has 2 unspecified atom stereocenters. The van der Waals surface area contributed by atoms with Gasteiger partial charge in [-0.15, -0.1) is 10.2 Å². The van der Waals surface area contributed by atoms with Crippen LogP contribution in [0.25, 0.3) is 0 Å². The lowest BCUT2D eigenvalue weighted by Gasteiger charge is -2.27. The van der Waals surface area contributed by atoms with Gasteiger partial charge in [0.2, 0.25) is 0 Å². The molecule has 94 valence electrons. The number of hydrogen-bond donors (Lipinski definition) is 1. The fraction of sp³-hybridized carbons (Fsp3) is 0.429. The number of benzene rings is 1. The molecule has 0 spiro atoms. The van der Waals surface area contributed by atoms with Gasteiger partial charge in [0.05, 0.1) is 6.04 Å². The minimum atomic E-state index is 0.302. The third-order valence-corrected chi connectivity index (χ3v) is 4.71. The molecule has 18 heavy (non-hydrogen) atoms. The monoisotopic (exact) mass is 259 g/mol. The van der Waals surface area contributed by atoms with Crippen LogP contribution < -0.4 is 5.32 Å². The quantitative estimate of drug-likeness (QED) is 0.917. The Hall–Kier alpha value is -1.26. The highest BCUT2D eigenvalue weighted by atomic mass is 32.1. The van der Waals surface area contributed by atoms with Crippen molar-refractivity contribution in [3.8, 4) is 0 Å². The average molecular weight is 259 g/mol. The third-order valence-electron chi connectivity index (χ3n) is 3.49. The Balaban J connectivity index is 1.80. The first-order chi connectivity index (χ1) is 8.79. The second-order valence-corrected chi connectivity index (χ2v) is 5.75. The molecule has 0 aliphatic heterocycles. The van der Waals surface area contributed by atoms with Gasteiger partial charge in [0, 0.05) is 5.92 Å². The predicted octanol–water partition coefficient (Wildman–Crippen LogP) is 2.90. The van der Waals surface area contributed by atoms with Crippen molar-refractivity contribution in [2.45, 2.75) is 32.2 Å². The van der Waals surface area contributed by atoms with E-state index in [1.165, 1.54) is 11.1 Å². The summed E-state index contributed by atoms with van der Waals surface area (Å²) in [5, 5.41) is 14.3. The van der Waals surface area contributed by atoms with Crippen LogP contribution in [0.3, 0.4) is 0 Å². The summed E-state index contributed by atoms with van der Waals surface area (Å²) in [5.74, 6) is 0.473. The van der Waals surface area contributed by atoms with Crippen molar-refractivity contribution in [2.24, 2.45) is 0 Å². The standard InChI is InChI=1S/C14H17N3S/c1-3-15-9(2)13-16-17-14(18-13)12-8-10-6-4-5-7-11(10)12/h4-7,9,12,15H,3,8H2,1-2H3. The van der Waals surface area contributed by atoms with E-state index in [0.717, 1.165) is 23.0 Å². The molecule has 1 aromatic carbocycles. The maximum atomic E-state index is 4.37. The lowest BCUT2D eigenvalue weighted by molar-refractivity contribution is 0.588. The predicted molar refractivity (Wildman–Crippen MR) is 74.0 cm³/mol. The molecular formula is C14H17N3S. The number of nitrogens with one attached hydrogen (secondary N) is 1. The average Bonchev–Trinajstić information content (AvgIpc) is 2.80. The second-order valence-electron chi connectivity index (χ2n) is 4.71. The minimum absolute atomic E-state index is 0.302. The zero-order valence-electron chi connectivity index (χ0n) is 10.7. The van der Waals surface area contributed by atoms with Crippen molar-refractivity contribution in [2.75, 3.05) is 6.54 Å². The van der Waals surface area contributed by atoms with Crippen molar-refractivity contribution >= 4 is 11.3 Å². The molecule has 4 heteroatoms. The topological polar surface area (TPSA) is 37.8 Å². The normalized spacial score (nSPS) is 19.1. The summed E-state index contributed by atoms with van der Waals surface area (Å²) in [5.41, 5.74) is 2.88. The van der Waals surface area contributed by atoms with Crippen LogP contribution in [0.2, 0.25) is 0 Å². The SMILES string of the molecule is CCNC(C)c1nnc(C2Cc3ccccc32)s1. The summed E-state index contributed by atoms with van der Waals surface area (Å²) >= 11 is 1.74. The van der Waals surface area contributed by atoms with E-state index in [0.29, 0.717) is 12.0 Å². The molecular weight excluding hydrogens is 242 g/mol. The molecule has 1 N–H and O–H groups in total. The summed E-state index contributed by atoms with van der Waals surface area (Å²) in [6, 6.07) is 8.92. The van der Waals surface area contributed by atoms with Crippen molar-refractivity contribution in [3.05, 3.63) is 45.4 Å². The molecule has 2 atom stereocenters. The molecule has 0 saturated heterocycles. The minimum Gasteiger partial charge on any atom is -0.308 e. The number of hydrogen-bond acceptors (Lipinski definition) is 4. The Morgan fingerprint density at radius 3 is 3.00 bits per heavy atom. The van der Waals surface area contributed by atoms with Gasteiger partial charge in [-0.2, -0.15) is 0 Å². The molecule has 2 aromatic rings. The van der Waals surface area contributed by atoms with Crippen LogP contribution >= 0.6 is 11.3 Å². The number of aromatic nitrogens is 2. The molecule has 3 rings (SSSR count). The van der Waals surface area contributed by atoms with E-state index in [4.69, 9.17) is 0 Å². The maximum Gasteiger partial charge on any atom is 0.134 e. The molecule has 1 aromatic heterocycles. The van der Waals surface area contributed by atoms with Gasteiger partial charge in [0.1, 0.15) is 10.0 Å². The van der Waals surface area contributed by atoms with Crippen LogP contribution in [0.1, 0.15) is 46.9 Å². The fourth-order valence-electron chi connectivity index (χ4n) is 2.43. The van der Waals surface area contributed by atoms with Gasteiger partial charge < -0.3 is 5.32 Å². The van der Waals surface area contributed by atoms with Crippen LogP contribution in [0.5, 0.6) is 0 Å². The number of nitrogens with zero attached hydrogens (tertiary/aromatic N) is 2. The lowest BCUT2D eigenvalue weighted by Crippen LogP contribution is -2.17. The Morgan fingerprint density at radius 1 is 1.39 bits per heavy atom. The second kappa shape index (κ2) is 4.78. The van der Waals surface area contributed by atoms with Gasteiger partial charge >= 0.3 is 0 Å². The lowest BCUT2D eigenvalue weighted by atomic mass is 9.78. The van der Waals surface area contributed by atoms with Crippen molar-refractivity contribution in [3.63, 3.8) is 0 Å². The molecule has 1 heterocycles. The maximum absolute atomic E-state index is 4.37. The first-order valence-corrected chi connectivity index (χ1v) is 7.25. The first-order valence-electron chi connectivity index (χ1n) is 6.44. The largest absolute Gasteiger partial charge is 0.308 e. The van der Waals surface area contributed by atoms with Crippen LogP contribution in [0.4, 0.5) is 0 Å². The summed E-state index contributed by atoms with van der Waals surface area (Å²) in [6.45, 7) is 5.21. The van der Waals surface area contributed by atoms with Gasteiger partial charge in [0.25, 0.3) is 0 Å². The van der Waals surface area contributed by atoms with Crippen LogP contribution in [0.15, 0.2) is 24.3 Å². The smallest absolute Gasteiger partial charge is 0.134 e. The van der Waals surface area contributed by atoms with E-state index in [1.807, 2.05) is 0 Å². The molecule has 1 aliphatic carbocycles. The highest BCUT2D eigenvalue weighted by Crippen LogP contribution is 2.41. The molecule has 0 bridgehead atoms. The third kappa shape index (κ3) is 1.95. The van der Waals surface area contributed by atoms with Gasteiger partial charge in [-0.1, -0.05) is 42.5 Å².